The third kappa shape index (κ3) is 6.79. The summed E-state index contributed by atoms with van der Waals surface area (Å²) in [7, 11) is 4.67. The molecular formula is C22H43N3+2. The zero-order valence-corrected chi connectivity index (χ0v) is 17.4. The van der Waals surface area contributed by atoms with Gasteiger partial charge in [0, 0.05) is 13.0 Å². The van der Waals surface area contributed by atoms with Crippen molar-refractivity contribution in [3.05, 3.63) is 24.7 Å². The van der Waals surface area contributed by atoms with Gasteiger partial charge in [0.1, 0.15) is 6.20 Å². The highest BCUT2D eigenvalue weighted by Crippen LogP contribution is 2.24. The van der Waals surface area contributed by atoms with E-state index in [2.05, 4.69) is 57.5 Å². The van der Waals surface area contributed by atoms with Gasteiger partial charge in [-0.1, -0.05) is 32.1 Å². The summed E-state index contributed by atoms with van der Waals surface area (Å²) >= 11 is 0. The molecule has 0 spiro atoms. The minimum atomic E-state index is 0.853. The number of quaternary nitrogens is 2. The van der Waals surface area contributed by atoms with E-state index in [1.165, 1.54) is 84.2 Å². The molecule has 0 radical (unpaired) electrons. The molecular weight excluding hydrogens is 306 g/mol. The highest BCUT2D eigenvalue weighted by molar-refractivity contribution is 4.87. The fourth-order valence-corrected chi connectivity index (χ4v) is 4.01. The Morgan fingerprint density at radius 1 is 0.880 bits per heavy atom. The Morgan fingerprint density at radius 2 is 1.56 bits per heavy atom. The summed E-state index contributed by atoms with van der Waals surface area (Å²) in [6, 6.07) is 0. The van der Waals surface area contributed by atoms with E-state index in [1.807, 2.05) is 0 Å². The van der Waals surface area contributed by atoms with E-state index in [0.717, 1.165) is 14.9 Å². The lowest BCUT2D eigenvalue weighted by Gasteiger charge is -2.34. The predicted molar refractivity (Wildman–Crippen MR) is 109 cm³/mol. The minimum absolute atomic E-state index is 0.853. The number of nitrogens with zero attached hydrogens (tertiary/aromatic N) is 3. The van der Waals surface area contributed by atoms with Crippen LogP contribution in [0.1, 0.15) is 65.2 Å². The molecule has 2 aliphatic heterocycles. The van der Waals surface area contributed by atoms with Gasteiger partial charge in [-0.05, 0) is 38.7 Å². The lowest BCUT2D eigenvalue weighted by Crippen LogP contribution is -2.41. The molecule has 25 heavy (non-hydrogen) atoms. The molecule has 2 rings (SSSR count). The van der Waals surface area contributed by atoms with Gasteiger partial charge in [0.15, 0.2) is 6.67 Å². The molecule has 3 nitrogen and oxygen atoms in total. The van der Waals surface area contributed by atoms with E-state index in [0.29, 0.717) is 0 Å². The van der Waals surface area contributed by atoms with Crippen LogP contribution in [0.2, 0.25) is 0 Å². The monoisotopic (exact) mass is 349 g/mol. The van der Waals surface area contributed by atoms with E-state index in [-0.39, 0.29) is 0 Å². The Balaban J connectivity index is 1.43. The molecule has 0 N–H and O–H groups in total. The van der Waals surface area contributed by atoms with Crippen LogP contribution in [0.15, 0.2) is 24.7 Å². The van der Waals surface area contributed by atoms with Gasteiger partial charge < -0.3 is 9.38 Å². The summed E-state index contributed by atoms with van der Waals surface area (Å²) in [4.78, 5) is 2.50. The average Bonchev–Trinajstić information content (AvgIpc) is 3.01. The minimum Gasteiger partial charge on any atom is -0.326 e. The van der Waals surface area contributed by atoms with E-state index in [4.69, 9.17) is 0 Å². The molecule has 0 bridgehead atoms. The standard InChI is InChI=1S/C22H43N3/c1-5-24(3)18-14-22(15-19-24)13-11-9-7-8-10-12-16-23-17-20-25(4,6-2)21-23/h14,17-18,20,22H,5-13,15-16,19,21H2,1-4H3/q+2. The van der Waals surface area contributed by atoms with E-state index >= 15 is 0 Å². The summed E-state index contributed by atoms with van der Waals surface area (Å²) < 4.78 is 2.21. The molecule has 2 heterocycles. The van der Waals surface area contributed by atoms with Crippen molar-refractivity contribution in [1.29, 1.82) is 0 Å². The van der Waals surface area contributed by atoms with Crippen molar-refractivity contribution in [2.24, 2.45) is 5.92 Å². The van der Waals surface area contributed by atoms with Gasteiger partial charge in [-0.3, -0.25) is 4.48 Å². The largest absolute Gasteiger partial charge is 0.326 e. The first-order valence-corrected chi connectivity index (χ1v) is 10.8. The second-order valence-corrected chi connectivity index (χ2v) is 8.87. The second kappa shape index (κ2) is 9.78. The quantitative estimate of drug-likeness (QED) is 0.378. The number of hydrogen-bond donors (Lipinski definition) is 0. The van der Waals surface area contributed by atoms with Crippen LogP contribution < -0.4 is 0 Å². The van der Waals surface area contributed by atoms with Crippen molar-refractivity contribution in [1.82, 2.24) is 4.90 Å². The van der Waals surface area contributed by atoms with Gasteiger partial charge >= 0.3 is 0 Å². The molecule has 0 saturated carbocycles. The molecule has 0 aromatic rings. The fourth-order valence-electron chi connectivity index (χ4n) is 4.01. The maximum absolute atomic E-state index is 2.50. The van der Waals surface area contributed by atoms with Gasteiger partial charge in [0.05, 0.1) is 46.1 Å². The summed E-state index contributed by atoms with van der Waals surface area (Å²) in [5.41, 5.74) is 0. The highest BCUT2D eigenvalue weighted by atomic mass is 15.5. The maximum Gasteiger partial charge on any atom is 0.158 e. The van der Waals surface area contributed by atoms with Crippen LogP contribution in [-0.2, 0) is 0 Å². The molecule has 0 fully saturated rings. The third-order valence-corrected chi connectivity index (χ3v) is 6.59. The van der Waals surface area contributed by atoms with Gasteiger partial charge in [0.25, 0.3) is 0 Å². The Morgan fingerprint density at radius 3 is 2.16 bits per heavy atom. The van der Waals surface area contributed by atoms with E-state index in [1.54, 1.807) is 0 Å². The molecule has 3 unspecified atom stereocenters. The van der Waals surface area contributed by atoms with Crippen LogP contribution in [0, 0.1) is 5.92 Å². The molecule has 2 aliphatic rings. The first-order valence-electron chi connectivity index (χ1n) is 10.8. The van der Waals surface area contributed by atoms with Crippen LogP contribution in [0.5, 0.6) is 0 Å². The molecule has 3 heteroatoms. The fraction of sp³-hybridized carbons (Fsp3) is 0.818. The normalized spacial score (nSPS) is 31.8. The lowest BCUT2D eigenvalue weighted by atomic mass is 9.94. The van der Waals surface area contributed by atoms with Crippen LogP contribution in [0.3, 0.4) is 0 Å². The van der Waals surface area contributed by atoms with Crippen LogP contribution in [0.4, 0.5) is 0 Å². The summed E-state index contributed by atoms with van der Waals surface area (Å²) in [5, 5.41) is 0. The molecule has 0 aromatic heterocycles. The van der Waals surface area contributed by atoms with Gasteiger partial charge in [-0.2, -0.15) is 0 Å². The predicted octanol–water partition coefficient (Wildman–Crippen LogP) is 4.93. The van der Waals surface area contributed by atoms with Gasteiger partial charge in [-0.15, -0.1) is 0 Å². The number of allylic oxidation sites excluding steroid dienone is 1. The highest BCUT2D eigenvalue weighted by Gasteiger charge is 2.25. The molecule has 144 valence electrons. The smallest absolute Gasteiger partial charge is 0.158 e. The SMILES string of the molecule is CC[N+]1(C)C=CC(CCCCCCCCN2C=C[N+](C)(CC)C2)CC1. The van der Waals surface area contributed by atoms with Gasteiger partial charge in [-0.25, -0.2) is 0 Å². The zero-order chi connectivity index (χ0) is 18.2. The van der Waals surface area contributed by atoms with Crippen molar-refractivity contribution in [2.45, 2.75) is 65.2 Å². The maximum atomic E-state index is 2.50. The zero-order valence-electron chi connectivity index (χ0n) is 17.4. The molecule has 3 atom stereocenters. The van der Waals surface area contributed by atoms with Crippen molar-refractivity contribution in [3.8, 4) is 0 Å². The van der Waals surface area contributed by atoms with Crippen molar-refractivity contribution in [3.63, 3.8) is 0 Å². The number of rotatable bonds is 11. The Bertz CT molecular complexity index is 445. The van der Waals surface area contributed by atoms with E-state index < -0.39 is 0 Å². The topological polar surface area (TPSA) is 3.24 Å². The molecule has 0 saturated heterocycles. The summed E-state index contributed by atoms with van der Waals surface area (Å²) in [5.74, 6) is 0.853. The number of unbranched alkanes of at least 4 members (excludes halogenated alkanes) is 5. The van der Waals surface area contributed by atoms with Crippen LogP contribution in [-0.4, -0.2) is 60.8 Å². The Kier molecular flexibility index (Phi) is 8.02. The van der Waals surface area contributed by atoms with Crippen molar-refractivity contribution in [2.75, 3.05) is 46.9 Å². The van der Waals surface area contributed by atoms with Crippen LogP contribution >= 0.6 is 0 Å². The molecule has 0 aliphatic carbocycles. The lowest BCUT2D eigenvalue weighted by molar-refractivity contribution is -0.860. The van der Waals surface area contributed by atoms with Crippen LogP contribution in [0.25, 0.3) is 0 Å². The Labute approximate surface area is 157 Å². The molecule has 0 amide bonds. The first kappa shape index (κ1) is 20.5. The Hall–Kier alpha value is -0.800. The van der Waals surface area contributed by atoms with E-state index in [9.17, 15) is 0 Å². The molecule has 0 aromatic carbocycles. The second-order valence-electron chi connectivity index (χ2n) is 8.87. The van der Waals surface area contributed by atoms with Gasteiger partial charge in [0.2, 0.25) is 0 Å². The van der Waals surface area contributed by atoms with Crippen molar-refractivity contribution < 1.29 is 8.97 Å². The summed E-state index contributed by atoms with van der Waals surface area (Å²) in [6.45, 7) is 10.7. The van der Waals surface area contributed by atoms with Crippen molar-refractivity contribution >= 4 is 0 Å². The first-order chi connectivity index (χ1) is 12.0. The summed E-state index contributed by atoms with van der Waals surface area (Å²) in [6.07, 6.45) is 20.9. The third-order valence-electron chi connectivity index (χ3n) is 6.59. The number of hydrogen-bond acceptors (Lipinski definition) is 1. The average molecular weight is 350 g/mol.